The number of nitrogens with zero attached hydrogens (tertiary/aromatic N) is 5. The van der Waals surface area contributed by atoms with Crippen LogP contribution >= 0.6 is 0 Å². The number of H-pyrrole nitrogens is 1. The third-order valence-electron chi connectivity index (χ3n) is 7.42. The van der Waals surface area contributed by atoms with E-state index >= 15 is 0 Å². The average molecular weight is 459 g/mol. The van der Waals surface area contributed by atoms with Crippen molar-refractivity contribution in [3.63, 3.8) is 0 Å². The van der Waals surface area contributed by atoms with Crippen molar-refractivity contribution in [2.24, 2.45) is 17.6 Å². The summed E-state index contributed by atoms with van der Waals surface area (Å²) in [6.45, 7) is 1.71. The summed E-state index contributed by atoms with van der Waals surface area (Å²) >= 11 is 0. The van der Waals surface area contributed by atoms with Crippen molar-refractivity contribution < 1.29 is 9.13 Å². The minimum atomic E-state index is -0.287. The highest BCUT2D eigenvalue weighted by Gasteiger charge is 2.46. The van der Waals surface area contributed by atoms with Gasteiger partial charge in [-0.2, -0.15) is 9.97 Å². The number of halogens is 1. The number of nitrogens with two attached hydrogens (primary N) is 1. The Morgan fingerprint density at radius 1 is 1.21 bits per heavy atom. The number of hydrogen-bond donors (Lipinski definition) is 3. The third-order valence-corrected chi connectivity index (χ3v) is 7.42. The van der Waals surface area contributed by atoms with E-state index in [1.54, 1.807) is 25.6 Å². The molecule has 3 unspecified atom stereocenters. The molecule has 4 N–H and O–H groups in total. The van der Waals surface area contributed by atoms with Gasteiger partial charge in [0.05, 0.1) is 23.7 Å². The maximum Gasteiger partial charge on any atom is 0.324 e. The molecule has 10 heteroatoms. The number of aromatic nitrogens is 5. The molecule has 0 radical (unpaired) electrons. The Bertz CT molecular complexity index is 1450. The van der Waals surface area contributed by atoms with Gasteiger partial charge in [0.25, 0.3) is 0 Å². The van der Waals surface area contributed by atoms with E-state index in [2.05, 4.69) is 25.2 Å². The second-order valence-electron chi connectivity index (χ2n) is 9.33. The summed E-state index contributed by atoms with van der Waals surface area (Å²) in [5.74, 6) is 2.04. The minimum absolute atomic E-state index is 0.230. The van der Waals surface area contributed by atoms with Gasteiger partial charge in [-0.25, -0.2) is 14.4 Å². The van der Waals surface area contributed by atoms with Gasteiger partial charge in [-0.3, -0.25) is 0 Å². The summed E-state index contributed by atoms with van der Waals surface area (Å²) in [4.78, 5) is 23.4. The Hall–Kier alpha value is -3.79. The van der Waals surface area contributed by atoms with E-state index in [0.717, 1.165) is 58.9 Å². The van der Waals surface area contributed by atoms with Crippen LogP contribution in [-0.2, 0) is 6.42 Å². The fourth-order valence-corrected chi connectivity index (χ4v) is 5.69. The number of pyridine rings is 1. The maximum atomic E-state index is 14.5. The minimum Gasteiger partial charge on any atom is -0.423 e. The number of ether oxygens (including phenoxy) is 1. The van der Waals surface area contributed by atoms with Crippen molar-refractivity contribution in [1.29, 1.82) is 0 Å². The zero-order chi connectivity index (χ0) is 23.0. The molecule has 0 bridgehead atoms. The van der Waals surface area contributed by atoms with Crippen LogP contribution in [0.4, 0.5) is 15.9 Å². The maximum absolute atomic E-state index is 14.5. The summed E-state index contributed by atoms with van der Waals surface area (Å²) in [7, 11) is 1.80. The van der Waals surface area contributed by atoms with Gasteiger partial charge in [0.1, 0.15) is 11.6 Å². The molecule has 2 aliphatic carbocycles. The third kappa shape index (κ3) is 2.88. The standard InChI is InChI=1S/C24H23FN8O/c1-27-18-4-12(25)3-15-14(18)6-19-21(15)23(33-8-11-2-17(26)16(11)9-33)32-24(31-19)34-13-5-20-22(28-7-13)30-10-29-20/h3-5,7,10-11,16-17,27H,2,6,8-9,26H2,1H3,(H,28,29,30). The summed E-state index contributed by atoms with van der Waals surface area (Å²) in [5, 5.41) is 3.12. The molecule has 4 aromatic rings. The van der Waals surface area contributed by atoms with Crippen molar-refractivity contribution in [2.45, 2.75) is 18.9 Å². The van der Waals surface area contributed by atoms with Gasteiger partial charge in [0, 0.05) is 49.9 Å². The first kappa shape index (κ1) is 19.7. The molecule has 1 aromatic carbocycles. The first-order chi connectivity index (χ1) is 16.6. The topological polar surface area (TPSA) is 118 Å². The van der Waals surface area contributed by atoms with Crippen LogP contribution in [0.15, 0.2) is 30.7 Å². The first-order valence-corrected chi connectivity index (χ1v) is 11.5. The first-order valence-electron chi connectivity index (χ1n) is 11.5. The Kier molecular flexibility index (Phi) is 4.11. The molecule has 2 fully saturated rings. The van der Waals surface area contributed by atoms with Crippen molar-refractivity contribution in [3.8, 4) is 22.9 Å². The molecule has 9 nitrogen and oxygen atoms in total. The van der Waals surface area contributed by atoms with Crippen molar-refractivity contribution in [2.75, 3.05) is 30.4 Å². The van der Waals surface area contributed by atoms with Crippen LogP contribution in [-0.4, -0.2) is 51.1 Å². The van der Waals surface area contributed by atoms with Gasteiger partial charge in [0.2, 0.25) is 0 Å². The number of rotatable bonds is 4. The van der Waals surface area contributed by atoms with Crippen LogP contribution in [0.3, 0.4) is 0 Å². The van der Waals surface area contributed by atoms with E-state index in [-0.39, 0.29) is 17.9 Å². The van der Waals surface area contributed by atoms with Gasteiger partial charge < -0.3 is 25.7 Å². The lowest BCUT2D eigenvalue weighted by Gasteiger charge is -2.36. The van der Waals surface area contributed by atoms with Gasteiger partial charge in [0.15, 0.2) is 11.4 Å². The van der Waals surface area contributed by atoms with E-state index in [1.165, 1.54) is 6.07 Å². The molecule has 1 saturated heterocycles. The number of hydrogen-bond acceptors (Lipinski definition) is 8. The van der Waals surface area contributed by atoms with Gasteiger partial charge in [-0.1, -0.05) is 0 Å². The van der Waals surface area contributed by atoms with Crippen molar-refractivity contribution in [3.05, 3.63) is 47.8 Å². The number of anilines is 2. The Morgan fingerprint density at radius 3 is 2.94 bits per heavy atom. The van der Waals surface area contributed by atoms with E-state index in [4.69, 9.17) is 20.4 Å². The van der Waals surface area contributed by atoms with Crippen molar-refractivity contribution in [1.82, 2.24) is 24.9 Å². The fourth-order valence-electron chi connectivity index (χ4n) is 5.69. The normalized spacial score (nSPS) is 22.3. The lowest BCUT2D eigenvalue weighted by molar-refractivity contribution is 0.194. The van der Waals surface area contributed by atoms with Gasteiger partial charge in [-0.05, 0) is 41.5 Å². The SMILES string of the molecule is CNc1cc(F)cc2c1Cc1nc(Oc3cnc4nc[nH]c4c3)nc(N3CC4CC(N)C4C3)c1-2. The summed E-state index contributed by atoms with van der Waals surface area (Å²) in [6.07, 6.45) is 4.80. The lowest BCUT2D eigenvalue weighted by atomic mass is 9.72. The molecule has 3 aromatic heterocycles. The van der Waals surface area contributed by atoms with E-state index < -0.39 is 0 Å². The van der Waals surface area contributed by atoms with Crippen LogP contribution < -0.4 is 20.7 Å². The molecule has 1 aliphatic heterocycles. The molecule has 4 heterocycles. The summed E-state index contributed by atoms with van der Waals surface area (Å²) in [6, 6.07) is 5.41. The largest absolute Gasteiger partial charge is 0.423 e. The van der Waals surface area contributed by atoms with Crippen LogP contribution in [0.25, 0.3) is 22.3 Å². The molecule has 3 aliphatic rings. The van der Waals surface area contributed by atoms with Crippen LogP contribution in [0.1, 0.15) is 17.7 Å². The Morgan fingerprint density at radius 2 is 2.12 bits per heavy atom. The Labute approximate surface area is 194 Å². The average Bonchev–Trinajstić information content (AvgIpc) is 3.52. The fraction of sp³-hybridized carbons (Fsp3) is 0.333. The van der Waals surface area contributed by atoms with Crippen LogP contribution in [0.5, 0.6) is 11.8 Å². The molecule has 172 valence electrons. The highest BCUT2D eigenvalue weighted by atomic mass is 19.1. The lowest BCUT2D eigenvalue weighted by Crippen LogP contribution is -2.46. The van der Waals surface area contributed by atoms with Crippen LogP contribution in [0, 0.1) is 17.7 Å². The van der Waals surface area contributed by atoms with Crippen LogP contribution in [0.2, 0.25) is 0 Å². The molecule has 3 atom stereocenters. The molecule has 7 rings (SSSR count). The van der Waals surface area contributed by atoms with Gasteiger partial charge in [-0.15, -0.1) is 0 Å². The number of imidazole rings is 1. The summed E-state index contributed by atoms with van der Waals surface area (Å²) in [5.41, 5.74) is 12.0. The molecule has 34 heavy (non-hydrogen) atoms. The van der Waals surface area contributed by atoms with E-state index in [1.807, 2.05) is 6.07 Å². The zero-order valence-corrected chi connectivity index (χ0v) is 18.5. The number of aromatic amines is 1. The highest BCUT2D eigenvalue weighted by Crippen LogP contribution is 2.48. The van der Waals surface area contributed by atoms with E-state index in [9.17, 15) is 4.39 Å². The zero-order valence-electron chi connectivity index (χ0n) is 18.5. The molecule has 1 saturated carbocycles. The Balaban J connectivity index is 1.34. The predicted octanol–water partition coefficient (Wildman–Crippen LogP) is 3.08. The second-order valence-corrected chi connectivity index (χ2v) is 9.33. The predicted molar refractivity (Wildman–Crippen MR) is 126 cm³/mol. The summed E-state index contributed by atoms with van der Waals surface area (Å²) < 4.78 is 20.6. The quantitative estimate of drug-likeness (QED) is 0.376. The number of nitrogens with one attached hydrogen (secondary N) is 2. The van der Waals surface area contributed by atoms with E-state index in [0.29, 0.717) is 29.7 Å². The van der Waals surface area contributed by atoms with Crippen molar-refractivity contribution >= 4 is 22.7 Å². The van der Waals surface area contributed by atoms with Gasteiger partial charge >= 0.3 is 6.01 Å². The molecular formula is C24H23FN8O. The molecule has 0 amide bonds. The highest BCUT2D eigenvalue weighted by molar-refractivity contribution is 5.88. The number of benzene rings is 1. The monoisotopic (exact) mass is 458 g/mol. The molecule has 0 spiro atoms. The smallest absolute Gasteiger partial charge is 0.324 e. The second kappa shape index (κ2) is 7.10. The number of fused-ring (bicyclic) bond motifs is 5. The molecular weight excluding hydrogens is 435 g/mol.